The SMILES string of the molecule is CCCNC1CCOC2(C1)CC(C)(C)OC2(C)C. The van der Waals surface area contributed by atoms with Crippen LogP contribution in [0.5, 0.6) is 0 Å². The van der Waals surface area contributed by atoms with Crippen LogP contribution >= 0.6 is 0 Å². The molecular weight excluding hydrogens is 226 g/mol. The number of rotatable bonds is 3. The quantitative estimate of drug-likeness (QED) is 0.841. The second kappa shape index (κ2) is 4.77. The molecule has 0 aromatic rings. The second-order valence-corrected chi connectivity index (χ2v) is 7.04. The smallest absolute Gasteiger partial charge is 0.101 e. The summed E-state index contributed by atoms with van der Waals surface area (Å²) in [6, 6.07) is 0.579. The van der Waals surface area contributed by atoms with Gasteiger partial charge in [-0.3, -0.25) is 0 Å². The molecule has 0 aromatic carbocycles. The van der Waals surface area contributed by atoms with Crippen LogP contribution in [0.3, 0.4) is 0 Å². The summed E-state index contributed by atoms with van der Waals surface area (Å²) in [5, 5.41) is 3.65. The fourth-order valence-electron chi connectivity index (χ4n) is 3.74. The van der Waals surface area contributed by atoms with E-state index in [0.717, 1.165) is 32.4 Å². The molecule has 1 N–H and O–H groups in total. The van der Waals surface area contributed by atoms with Crippen molar-refractivity contribution in [2.24, 2.45) is 0 Å². The highest BCUT2D eigenvalue weighted by Gasteiger charge is 2.59. The molecule has 3 nitrogen and oxygen atoms in total. The second-order valence-electron chi connectivity index (χ2n) is 7.04. The molecule has 0 aliphatic carbocycles. The van der Waals surface area contributed by atoms with E-state index in [1.807, 2.05) is 0 Å². The fourth-order valence-corrected chi connectivity index (χ4v) is 3.74. The van der Waals surface area contributed by atoms with Crippen LogP contribution in [0.15, 0.2) is 0 Å². The third-order valence-corrected chi connectivity index (χ3v) is 4.44. The first-order valence-corrected chi connectivity index (χ1v) is 7.38. The van der Waals surface area contributed by atoms with Crippen LogP contribution in [-0.2, 0) is 9.47 Å². The maximum atomic E-state index is 6.23. The van der Waals surface area contributed by atoms with E-state index in [1.54, 1.807) is 0 Å². The van der Waals surface area contributed by atoms with Gasteiger partial charge >= 0.3 is 0 Å². The van der Waals surface area contributed by atoms with E-state index in [-0.39, 0.29) is 16.8 Å². The minimum absolute atomic E-state index is 0.0733. The van der Waals surface area contributed by atoms with E-state index >= 15 is 0 Å². The number of ether oxygens (including phenoxy) is 2. The number of nitrogens with one attached hydrogen (secondary N) is 1. The molecule has 0 amide bonds. The van der Waals surface area contributed by atoms with Crippen LogP contribution in [0.1, 0.15) is 60.3 Å². The lowest BCUT2D eigenvalue weighted by Crippen LogP contribution is -2.56. The summed E-state index contributed by atoms with van der Waals surface area (Å²) in [6.07, 6.45) is 4.38. The van der Waals surface area contributed by atoms with Crippen molar-refractivity contribution in [2.45, 2.75) is 83.1 Å². The van der Waals surface area contributed by atoms with Gasteiger partial charge in [0.25, 0.3) is 0 Å². The molecule has 2 heterocycles. The number of hydrogen-bond acceptors (Lipinski definition) is 3. The van der Waals surface area contributed by atoms with Gasteiger partial charge in [0.1, 0.15) is 5.60 Å². The van der Waals surface area contributed by atoms with Crippen LogP contribution in [-0.4, -0.2) is 36.0 Å². The fraction of sp³-hybridized carbons (Fsp3) is 1.00. The average molecular weight is 255 g/mol. The van der Waals surface area contributed by atoms with Gasteiger partial charge in [-0.2, -0.15) is 0 Å². The maximum Gasteiger partial charge on any atom is 0.101 e. The lowest BCUT2D eigenvalue weighted by atomic mass is 9.75. The minimum atomic E-state index is -0.191. The monoisotopic (exact) mass is 255 g/mol. The summed E-state index contributed by atoms with van der Waals surface area (Å²) < 4.78 is 12.5. The van der Waals surface area contributed by atoms with Crippen molar-refractivity contribution in [3.8, 4) is 0 Å². The molecule has 2 rings (SSSR count). The first-order valence-electron chi connectivity index (χ1n) is 7.38. The van der Waals surface area contributed by atoms with Gasteiger partial charge in [0.2, 0.25) is 0 Å². The lowest BCUT2D eigenvalue weighted by Gasteiger charge is -2.45. The molecule has 2 atom stereocenters. The summed E-state index contributed by atoms with van der Waals surface area (Å²) in [6.45, 7) is 12.9. The van der Waals surface area contributed by atoms with Crippen molar-refractivity contribution in [3.05, 3.63) is 0 Å². The summed E-state index contributed by atoms with van der Waals surface area (Å²) in [4.78, 5) is 0. The summed E-state index contributed by atoms with van der Waals surface area (Å²) >= 11 is 0. The molecule has 2 fully saturated rings. The molecule has 2 saturated heterocycles. The Kier molecular flexibility index (Phi) is 3.79. The Balaban J connectivity index is 2.10. The van der Waals surface area contributed by atoms with E-state index in [1.165, 1.54) is 6.42 Å². The Morgan fingerprint density at radius 2 is 1.94 bits per heavy atom. The van der Waals surface area contributed by atoms with E-state index in [9.17, 15) is 0 Å². The van der Waals surface area contributed by atoms with Crippen molar-refractivity contribution >= 4 is 0 Å². The van der Waals surface area contributed by atoms with Crippen molar-refractivity contribution in [1.82, 2.24) is 5.32 Å². The van der Waals surface area contributed by atoms with Crippen molar-refractivity contribution in [2.75, 3.05) is 13.2 Å². The molecule has 3 heteroatoms. The van der Waals surface area contributed by atoms with Crippen molar-refractivity contribution in [1.29, 1.82) is 0 Å². The Bertz CT molecular complexity index is 301. The molecule has 0 aromatic heterocycles. The van der Waals surface area contributed by atoms with Gasteiger partial charge < -0.3 is 14.8 Å². The van der Waals surface area contributed by atoms with Gasteiger partial charge in [0.15, 0.2) is 0 Å². The van der Waals surface area contributed by atoms with Crippen molar-refractivity contribution < 1.29 is 9.47 Å². The van der Waals surface area contributed by atoms with Crippen LogP contribution in [0.4, 0.5) is 0 Å². The normalized spacial score (nSPS) is 38.2. The van der Waals surface area contributed by atoms with Gasteiger partial charge in [0, 0.05) is 19.1 Å². The highest BCUT2D eigenvalue weighted by molar-refractivity contribution is 5.10. The molecule has 2 aliphatic heterocycles. The zero-order chi connectivity index (χ0) is 13.4. The van der Waals surface area contributed by atoms with Gasteiger partial charge in [-0.15, -0.1) is 0 Å². The Labute approximate surface area is 112 Å². The zero-order valence-corrected chi connectivity index (χ0v) is 12.6. The van der Waals surface area contributed by atoms with Crippen LogP contribution in [0.2, 0.25) is 0 Å². The van der Waals surface area contributed by atoms with Gasteiger partial charge in [0.05, 0.1) is 11.2 Å². The van der Waals surface area contributed by atoms with Crippen LogP contribution in [0.25, 0.3) is 0 Å². The third-order valence-electron chi connectivity index (χ3n) is 4.44. The third kappa shape index (κ3) is 2.59. The molecular formula is C15H29NO2. The number of hydrogen-bond donors (Lipinski definition) is 1. The molecule has 0 bridgehead atoms. The molecule has 18 heavy (non-hydrogen) atoms. The summed E-state index contributed by atoms with van der Waals surface area (Å²) in [5.41, 5.74) is -0.376. The molecule has 0 saturated carbocycles. The average Bonchev–Trinajstić information content (AvgIpc) is 2.41. The molecule has 0 radical (unpaired) electrons. The predicted octanol–water partition coefficient (Wildman–Crippen LogP) is 2.88. The largest absolute Gasteiger partial charge is 0.372 e. The Hall–Kier alpha value is -0.120. The van der Waals surface area contributed by atoms with Crippen LogP contribution in [0, 0.1) is 0 Å². The van der Waals surface area contributed by atoms with E-state index in [0.29, 0.717) is 6.04 Å². The van der Waals surface area contributed by atoms with Crippen molar-refractivity contribution in [3.63, 3.8) is 0 Å². The predicted molar refractivity (Wildman–Crippen MR) is 73.9 cm³/mol. The summed E-state index contributed by atoms with van der Waals surface area (Å²) in [7, 11) is 0. The van der Waals surface area contributed by atoms with E-state index in [4.69, 9.17) is 9.47 Å². The van der Waals surface area contributed by atoms with Gasteiger partial charge in [-0.05, 0) is 53.5 Å². The molecule has 2 aliphatic rings. The Morgan fingerprint density at radius 1 is 1.22 bits per heavy atom. The maximum absolute atomic E-state index is 6.23. The van der Waals surface area contributed by atoms with E-state index in [2.05, 4.69) is 39.9 Å². The molecule has 106 valence electrons. The molecule has 1 spiro atoms. The first-order chi connectivity index (χ1) is 8.30. The topological polar surface area (TPSA) is 30.5 Å². The first kappa shape index (κ1) is 14.3. The van der Waals surface area contributed by atoms with Gasteiger partial charge in [-0.25, -0.2) is 0 Å². The minimum Gasteiger partial charge on any atom is -0.372 e. The lowest BCUT2D eigenvalue weighted by molar-refractivity contribution is -0.173. The van der Waals surface area contributed by atoms with E-state index < -0.39 is 0 Å². The molecule has 2 unspecified atom stereocenters. The zero-order valence-electron chi connectivity index (χ0n) is 12.6. The van der Waals surface area contributed by atoms with Gasteiger partial charge in [-0.1, -0.05) is 6.92 Å². The Morgan fingerprint density at radius 3 is 2.50 bits per heavy atom. The highest BCUT2D eigenvalue weighted by atomic mass is 16.6. The highest BCUT2D eigenvalue weighted by Crippen LogP contribution is 2.51. The summed E-state index contributed by atoms with van der Waals surface area (Å²) in [5.74, 6) is 0. The van der Waals surface area contributed by atoms with Crippen LogP contribution < -0.4 is 5.32 Å². The standard InChI is InChI=1S/C15H29NO2/c1-6-8-16-12-7-9-17-15(10-12)11-13(2,3)18-14(15,4)5/h12,16H,6-11H2,1-5H3.